The van der Waals surface area contributed by atoms with Crippen molar-refractivity contribution in [3.63, 3.8) is 0 Å². The Kier molecular flexibility index (Phi) is 2.62. The molecular weight excluding hydrogens is 236 g/mol. The molecule has 1 atom stereocenters. The maximum absolute atomic E-state index is 11.3. The number of ether oxygens (including phenoxy) is 1. The molecule has 1 saturated heterocycles. The molecule has 1 aliphatic rings. The van der Waals surface area contributed by atoms with Gasteiger partial charge in [-0.05, 0) is 12.1 Å². The third kappa shape index (κ3) is 2.08. The molecule has 0 bridgehead atoms. The predicted octanol–water partition coefficient (Wildman–Crippen LogP) is 0.760. The minimum Gasteiger partial charge on any atom is -0.382 e. The Morgan fingerprint density at radius 3 is 2.73 bits per heavy atom. The molecule has 1 fully saturated rings. The van der Waals surface area contributed by atoms with Gasteiger partial charge in [-0.2, -0.15) is 0 Å². The molecule has 1 N–H and O–H groups in total. The first-order valence-corrected chi connectivity index (χ1v) is 7.23. The van der Waals surface area contributed by atoms with Crippen molar-refractivity contribution < 1.29 is 18.3 Å². The van der Waals surface area contributed by atoms with Gasteiger partial charge in [0.25, 0.3) is 0 Å². The molecule has 4 nitrogen and oxygen atoms in total. The number of hydrogen-bond acceptors (Lipinski definition) is 5. The van der Waals surface area contributed by atoms with Gasteiger partial charge in [0.15, 0.2) is 9.84 Å². The molecule has 0 saturated carbocycles. The summed E-state index contributed by atoms with van der Waals surface area (Å²) in [5.74, 6) is 0. The Bertz CT molecular complexity index is 454. The van der Waals surface area contributed by atoms with Crippen LogP contribution in [0.25, 0.3) is 0 Å². The van der Waals surface area contributed by atoms with Crippen LogP contribution in [0.1, 0.15) is 11.3 Å². The van der Waals surface area contributed by atoms with Gasteiger partial charge in [0, 0.05) is 24.2 Å². The van der Waals surface area contributed by atoms with Gasteiger partial charge in [-0.3, -0.25) is 0 Å². The van der Waals surface area contributed by atoms with E-state index in [0.29, 0.717) is 17.9 Å². The largest absolute Gasteiger partial charge is 0.382 e. The highest BCUT2D eigenvalue weighted by molar-refractivity contribution is 7.92. The van der Waals surface area contributed by atoms with Crippen molar-refractivity contribution in [1.82, 2.24) is 0 Å². The van der Waals surface area contributed by atoms with Gasteiger partial charge in [-0.1, -0.05) is 0 Å². The highest BCUT2D eigenvalue weighted by atomic mass is 32.2. The van der Waals surface area contributed by atoms with Crippen molar-refractivity contribution in [2.45, 2.75) is 16.2 Å². The number of hydrogen-bond donors (Lipinski definition) is 1. The Hall–Kier alpha value is -0.430. The fraction of sp³-hybridized carbons (Fsp3) is 0.556. The summed E-state index contributed by atoms with van der Waals surface area (Å²) in [5, 5.41) is 10.1. The molecule has 84 valence electrons. The van der Waals surface area contributed by atoms with E-state index in [1.165, 1.54) is 6.07 Å². The summed E-state index contributed by atoms with van der Waals surface area (Å²) in [4.78, 5) is 0.667. The third-order valence-electron chi connectivity index (χ3n) is 2.41. The smallest absolute Gasteiger partial charge is 0.184 e. The molecule has 1 aromatic rings. The first-order valence-electron chi connectivity index (χ1n) is 4.52. The molecular formula is C9H12O4S2. The molecule has 0 amide bonds. The summed E-state index contributed by atoms with van der Waals surface area (Å²) in [6.07, 6.45) is 1.69. The quantitative estimate of drug-likeness (QED) is 0.839. The highest BCUT2D eigenvalue weighted by Gasteiger charge is 2.36. The summed E-state index contributed by atoms with van der Waals surface area (Å²) >= 11 is 1.12. The normalized spacial score (nSPS) is 27.1. The average molecular weight is 248 g/mol. The van der Waals surface area contributed by atoms with Crippen LogP contribution in [-0.2, 0) is 20.2 Å². The van der Waals surface area contributed by atoms with E-state index in [0.717, 1.165) is 17.6 Å². The van der Waals surface area contributed by atoms with E-state index in [4.69, 9.17) is 4.74 Å². The van der Waals surface area contributed by atoms with Crippen molar-refractivity contribution in [2.75, 3.05) is 19.5 Å². The number of aliphatic hydroxyl groups is 1. The standard InChI is InChI=1S/C9H12O4S2/c1-15(11,12)8-3-2-7(14-8)9(10)4-5-13-6-9/h2-3,10H,4-6H2,1H3. The Balaban J connectivity index is 2.35. The van der Waals surface area contributed by atoms with Crippen LogP contribution in [0.5, 0.6) is 0 Å². The van der Waals surface area contributed by atoms with Crippen LogP contribution in [0.4, 0.5) is 0 Å². The lowest BCUT2D eigenvalue weighted by Crippen LogP contribution is -2.23. The molecule has 15 heavy (non-hydrogen) atoms. The van der Waals surface area contributed by atoms with Crippen molar-refractivity contribution in [2.24, 2.45) is 0 Å². The molecule has 0 aromatic carbocycles. The van der Waals surface area contributed by atoms with Crippen LogP contribution in [0.3, 0.4) is 0 Å². The van der Waals surface area contributed by atoms with Gasteiger partial charge < -0.3 is 9.84 Å². The predicted molar refractivity (Wildman–Crippen MR) is 56.8 cm³/mol. The maximum atomic E-state index is 11.3. The zero-order valence-electron chi connectivity index (χ0n) is 8.26. The monoisotopic (exact) mass is 248 g/mol. The lowest BCUT2D eigenvalue weighted by Gasteiger charge is -2.17. The van der Waals surface area contributed by atoms with Crippen molar-refractivity contribution in [1.29, 1.82) is 0 Å². The van der Waals surface area contributed by atoms with Crippen LogP contribution >= 0.6 is 11.3 Å². The first-order chi connectivity index (χ1) is 6.92. The summed E-state index contributed by atoms with van der Waals surface area (Å²) in [5.41, 5.74) is -0.992. The van der Waals surface area contributed by atoms with Crippen LogP contribution in [-0.4, -0.2) is 33.0 Å². The molecule has 1 unspecified atom stereocenters. The molecule has 1 aliphatic heterocycles. The van der Waals surface area contributed by atoms with Crippen LogP contribution < -0.4 is 0 Å². The lowest BCUT2D eigenvalue weighted by molar-refractivity contribution is 0.0264. The molecule has 2 rings (SSSR count). The topological polar surface area (TPSA) is 63.6 Å². The third-order valence-corrected chi connectivity index (χ3v) is 5.50. The summed E-state index contributed by atoms with van der Waals surface area (Å²) in [6, 6.07) is 3.20. The Morgan fingerprint density at radius 1 is 1.53 bits per heavy atom. The van der Waals surface area contributed by atoms with Crippen molar-refractivity contribution >= 4 is 21.2 Å². The minimum absolute atomic E-state index is 0.247. The second-order valence-electron chi connectivity index (χ2n) is 3.73. The van der Waals surface area contributed by atoms with E-state index in [1.807, 2.05) is 0 Å². The van der Waals surface area contributed by atoms with Crippen LogP contribution in [0.2, 0.25) is 0 Å². The molecule has 2 heterocycles. The molecule has 0 spiro atoms. The minimum atomic E-state index is -3.17. The SMILES string of the molecule is CS(=O)(=O)c1ccc(C2(O)CCOC2)s1. The van der Waals surface area contributed by atoms with Crippen LogP contribution in [0.15, 0.2) is 16.3 Å². The fourth-order valence-electron chi connectivity index (χ4n) is 1.52. The molecule has 6 heteroatoms. The van der Waals surface area contributed by atoms with E-state index >= 15 is 0 Å². The van der Waals surface area contributed by atoms with E-state index in [9.17, 15) is 13.5 Å². The summed E-state index contributed by atoms with van der Waals surface area (Å²) < 4.78 is 27.9. The molecule has 1 aromatic heterocycles. The van der Waals surface area contributed by atoms with Crippen molar-refractivity contribution in [3.8, 4) is 0 Å². The van der Waals surface area contributed by atoms with E-state index in [-0.39, 0.29) is 10.8 Å². The van der Waals surface area contributed by atoms with Gasteiger partial charge >= 0.3 is 0 Å². The number of rotatable bonds is 2. The van der Waals surface area contributed by atoms with E-state index in [1.54, 1.807) is 6.07 Å². The van der Waals surface area contributed by atoms with Gasteiger partial charge in [0.1, 0.15) is 9.81 Å². The zero-order valence-corrected chi connectivity index (χ0v) is 9.90. The van der Waals surface area contributed by atoms with Gasteiger partial charge in [0.05, 0.1) is 6.61 Å². The highest BCUT2D eigenvalue weighted by Crippen LogP contribution is 2.36. The van der Waals surface area contributed by atoms with Crippen molar-refractivity contribution in [3.05, 3.63) is 17.0 Å². The maximum Gasteiger partial charge on any atom is 0.184 e. The molecule has 0 radical (unpaired) electrons. The number of thiophene rings is 1. The lowest BCUT2D eigenvalue weighted by atomic mass is 10.0. The zero-order chi connectivity index (χ0) is 11.1. The van der Waals surface area contributed by atoms with E-state index in [2.05, 4.69) is 0 Å². The van der Waals surface area contributed by atoms with E-state index < -0.39 is 15.4 Å². The Morgan fingerprint density at radius 2 is 2.27 bits per heavy atom. The van der Waals surface area contributed by atoms with Gasteiger partial charge in [-0.15, -0.1) is 11.3 Å². The van der Waals surface area contributed by atoms with Gasteiger partial charge in [-0.25, -0.2) is 8.42 Å². The fourth-order valence-corrected chi connectivity index (χ4v) is 3.55. The average Bonchev–Trinajstić information content (AvgIpc) is 2.69. The molecule has 0 aliphatic carbocycles. The summed E-state index contributed by atoms with van der Waals surface area (Å²) in [6.45, 7) is 0.763. The second kappa shape index (κ2) is 3.55. The number of sulfone groups is 1. The Labute approximate surface area is 92.4 Å². The summed E-state index contributed by atoms with van der Waals surface area (Å²) in [7, 11) is -3.17. The second-order valence-corrected chi connectivity index (χ2v) is 7.05. The van der Waals surface area contributed by atoms with Gasteiger partial charge in [0.2, 0.25) is 0 Å². The van der Waals surface area contributed by atoms with Crippen LogP contribution in [0, 0.1) is 0 Å². The first kappa shape index (κ1) is 11.1.